The summed E-state index contributed by atoms with van der Waals surface area (Å²) < 4.78 is 13.3. The summed E-state index contributed by atoms with van der Waals surface area (Å²) in [6.45, 7) is 3.28. The molecule has 4 rings (SSSR count). The van der Waals surface area contributed by atoms with Crippen LogP contribution in [0.2, 0.25) is 5.02 Å². The summed E-state index contributed by atoms with van der Waals surface area (Å²) in [5.41, 5.74) is 2.33. The first-order valence-electron chi connectivity index (χ1n) is 8.42. The molecule has 1 N–H and O–H groups in total. The van der Waals surface area contributed by atoms with E-state index in [0.717, 1.165) is 23.3 Å². The predicted octanol–water partition coefficient (Wildman–Crippen LogP) is 3.80. The maximum absolute atomic E-state index is 12.5. The highest BCUT2D eigenvalue weighted by molar-refractivity contribution is 6.30. The van der Waals surface area contributed by atoms with Gasteiger partial charge < -0.3 is 19.4 Å². The number of anilines is 1. The zero-order valence-corrected chi connectivity index (χ0v) is 15.0. The van der Waals surface area contributed by atoms with E-state index in [0.29, 0.717) is 35.4 Å². The molecular formula is C19H18ClN3O3. The lowest BCUT2D eigenvalue weighted by atomic mass is 10.2. The number of carbonyl (C=O) groups excluding carboxylic acids is 1. The lowest BCUT2D eigenvalue weighted by molar-refractivity contribution is -0.116. The van der Waals surface area contributed by atoms with Crippen LogP contribution in [0.4, 0.5) is 5.69 Å². The number of hydrogen-bond acceptors (Lipinski definition) is 4. The molecule has 2 heterocycles. The van der Waals surface area contributed by atoms with Crippen molar-refractivity contribution >= 4 is 34.2 Å². The van der Waals surface area contributed by atoms with E-state index >= 15 is 0 Å². The Morgan fingerprint density at radius 1 is 1.19 bits per heavy atom. The van der Waals surface area contributed by atoms with Crippen LogP contribution in [-0.4, -0.2) is 28.7 Å². The molecule has 1 aliphatic rings. The molecule has 0 saturated heterocycles. The fourth-order valence-electron chi connectivity index (χ4n) is 2.98. The molecule has 0 fully saturated rings. The van der Waals surface area contributed by atoms with Gasteiger partial charge in [0.1, 0.15) is 12.4 Å². The lowest BCUT2D eigenvalue weighted by Crippen LogP contribution is -2.19. The molecule has 0 aliphatic carbocycles. The van der Waals surface area contributed by atoms with Gasteiger partial charge in [-0.25, -0.2) is 4.98 Å². The molecule has 0 spiro atoms. The summed E-state index contributed by atoms with van der Waals surface area (Å²) in [7, 11) is 0. The molecule has 2 aromatic carbocycles. The van der Waals surface area contributed by atoms with Gasteiger partial charge in [0.2, 0.25) is 5.91 Å². The molecule has 7 heteroatoms. The van der Waals surface area contributed by atoms with Crippen LogP contribution < -0.4 is 14.8 Å². The van der Waals surface area contributed by atoms with E-state index in [1.165, 1.54) is 0 Å². The van der Waals surface area contributed by atoms with Gasteiger partial charge in [0.25, 0.3) is 0 Å². The Balaban J connectivity index is 1.61. The van der Waals surface area contributed by atoms with E-state index in [2.05, 4.69) is 10.3 Å². The number of ether oxygens (including phenoxy) is 2. The number of fused-ring (bicyclic) bond motifs is 2. The fourth-order valence-corrected chi connectivity index (χ4v) is 3.10. The first kappa shape index (κ1) is 16.7. The van der Waals surface area contributed by atoms with Crippen molar-refractivity contribution in [2.24, 2.45) is 0 Å². The Morgan fingerprint density at radius 2 is 1.88 bits per heavy atom. The summed E-state index contributed by atoms with van der Waals surface area (Å²) in [6.07, 6.45) is 0.842. The highest BCUT2D eigenvalue weighted by Gasteiger charge is 2.17. The zero-order valence-electron chi connectivity index (χ0n) is 14.3. The van der Waals surface area contributed by atoms with Gasteiger partial charge in [0, 0.05) is 29.3 Å². The van der Waals surface area contributed by atoms with Crippen molar-refractivity contribution in [3.05, 3.63) is 47.2 Å². The average Bonchev–Trinajstić information content (AvgIpc) is 2.79. The fraction of sp³-hybridized carbons (Fsp3) is 0.263. The number of nitrogens with one attached hydrogen (secondary N) is 1. The molecule has 1 amide bonds. The summed E-state index contributed by atoms with van der Waals surface area (Å²) in [5.74, 6) is 2.01. The van der Waals surface area contributed by atoms with Crippen LogP contribution in [0, 0.1) is 6.92 Å². The SMILES string of the molecule is Cc1nc2cc3c(cc2n1CC(=O)Nc1ccc(Cl)cc1)OCCCO3. The van der Waals surface area contributed by atoms with E-state index < -0.39 is 0 Å². The molecule has 26 heavy (non-hydrogen) atoms. The third-order valence-electron chi connectivity index (χ3n) is 4.24. The smallest absolute Gasteiger partial charge is 0.244 e. The Hall–Kier alpha value is -2.73. The van der Waals surface area contributed by atoms with Gasteiger partial charge >= 0.3 is 0 Å². The van der Waals surface area contributed by atoms with Gasteiger partial charge in [0.15, 0.2) is 11.5 Å². The van der Waals surface area contributed by atoms with Gasteiger partial charge in [-0.3, -0.25) is 4.79 Å². The summed E-state index contributed by atoms with van der Waals surface area (Å²) >= 11 is 5.87. The number of benzene rings is 2. The molecule has 0 atom stereocenters. The van der Waals surface area contributed by atoms with Crippen LogP contribution in [-0.2, 0) is 11.3 Å². The normalized spacial score (nSPS) is 13.5. The minimum absolute atomic E-state index is 0.137. The molecule has 1 aliphatic heterocycles. The molecule has 3 aromatic rings. The maximum Gasteiger partial charge on any atom is 0.244 e. The Morgan fingerprint density at radius 3 is 2.62 bits per heavy atom. The van der Waals surface area contributed by atoms with Gasteiger partial charge in [-0.2, -0.15) is 0 Å². The highest BCUT2D eigenvalue weighted by atomic mass is 35.5. The second kappa shape index (κ2) is 6.88. The van der Waals surface area contributed by atoms with E-state index in [4.69, 9.17) is 21.1 Å². The molecule has 0 radical (unpaired) electrons. The van der Waals surface area contributed by atoms with E-state index in [1.807, 2.05) is 23.6 Å². The van der Waals surface area contributed by atoms with Crippen molar-refractivity contribution in [2.45, 2.75) is 19.9 Å². The standard InChI is InChI=1S/C19H18ClN3O3/c1-12-21-15-9-17-18(26-8-2-7-25-17)10-16(15)23(12)11-19(24)22-14-5-3-13(20)4-6-14/h3-6,9-10H,2,7-8,11H2,1H3,(H,22,24). The average molecular weight is 372 g/mol. The van der Waals surface area contributed by atoms with Crippen molar-refractivity contribution < 1.29 is 14.3 Å². The first-order valence-corrected chi connectivity index (χ1v) is 8.80. The summed E-state index contributed by atoms with van der Waals surface area (Å²) in [6, 6.07) is 10.8. The monoisotopic (exact) mass is 371 g/mol. The number of hydrogen-bond donors (Lipinski definition) is 1. The van der Waals surface area contributed by atoms with E-state index in [-0.39, 0.29) is 12.5 Å². The highest BCUT2D eigenvalue weighted by Crippen LogP contribution is 2.34. The third-order valence-corrected chi connectivity index (χ3v) is 4.49. The molecule has 0 saturated carbocycles. The van der Waals surface area contributed by atoms with Crippen molar-refractivity contribution in [1.29, 1.82) is 0 Å². The van der Waals surface area contributed by atoms with Crippen molar-refractivity contribution in [1.82, 2.24) is 9.55 Å². The number of rotatable bonds is 3. The third kappa shape index (κ3) is 3.32. The number of halogens is 1. The van der Waals surface area contributed by atoms with Crippen molar-refractivity contribution in [3.63, 3.8) is 0 Å². The summed E-state index contributed by atoms with van der Waals surface area (Å²) in [5, 5.41) is 3.50. The van der Waals surface area contributed by atoms with Gasteiger partial charge in [-0.1, -0.05) is 11.6 Å². The predicted molar refractivity (Wildman–Crippen MR) is 100 cm³/mol. The summed E-state index contributed by atoms with van der Waals surface area (Å²) in [4.78, 5) is 17.0. The maximum atomic E-state index is 12.5. The molecule has 6 nitrogen and oxygen atoms in total. The molecule has 0 bridgehead atoms. The largest absolute Gasteiger partial charge is 0.489 e. The second-order valence-corrected chi connectivity index (χ2v) is 6.57. The van der Waals surface area contributed by atoms with Crippen LogP contribution in [0.5, 0.6) is 11.5 Å². The quantitative estimate of drug-likeness (QED) is 0.760. The molecule has 0 unspecified atom stereocenters. The van der Waals surface area contributed by atoms with Crippen LogP contribution in [0.25, 0.3) is 11.0 Å². The minimum Gasteiger partial charge on any atom is -0.489 e. The minimum atomic E-state index is -0.137. The van der Waals surface area contributed by atoms with Crippen LogP contribution in [0.1, 0.15) is 12.2 Å². The number of carbonyl (C=O) groups is 1. The van der Waals surface area contributed by atoms with Crippen molar-refractivity contribution in [3.8, 4) is 11.5 Å². The van der Waals surface area contributed by atoms with Crippen molar-refractivity contribution in [2.75, 3.05) is 18.5 Å². The Kier molecular flexibility index (Phi) is 4.42. The number of aryl methyl sites for hydroxylation is 1. The molecule has 134 valence electrons. The second-order valence-electron chi connectivity index (χ2n) is 6.14. The number of aromatic nitrogens is 2. The number of imidazole rings is 1. The number of amides is 1. The van der Waals surface area contributed by atoms with Gasteiger partial charge in [0.05, 0.1) is 24.2 Å². The van der Waals surface area contributed by atoms with E-state index in [1.54, 1.807) is 24.3 Å². The van der Waals surface area contributed by atoms with Gasteiger partial charge in [-0.15, -0.1) is 0 Å². The van der Waals surface area contributed by atoms with Crippen LogP contribution in [0.3, 0.4) is 0 Å². The van der Waals surface area contributed by atoms with Crippen LogP contribution in [0.15, 0.2) is 36.4 Å². The van der Waals surface area contributed by atoms with E-state index in [9.17, 15) is 4.79 Å². The molecule has 1 aromatic heterocycles. The first-order chi connectivity index (χ1) is 12.6. The van der Waals surface area contributed by atoms with Gasteiger partial charge in [-0.05, 0) is 31.2 Å². The Labute approximate surface area is 155 Å². The number of nitrogens with zero attached hydrogens (tertiary/aromatic N) is 2. The zero-order chi connectivity index (χ0) is 18.1. The van der Waals surface area contributed by atoms with Crippen LogP contribution >= 0.6 is 11.6 Å². The topological polar surface area (TPSA) is 65.4 Å². The lowest BCUT2D eigenvalue weighted by Gasteiger charge is -2.10. The molecular weight excluding hydrogens is 354 g/mol. The Bertz CT molecular complexity index is 966.